The second-order valence-electron chi connectivity index (χ2n) is 5.02. The van der Waals surface area contributed by atoms with Gasteiger partial charge >= 0.3 is 5.97 Å². The number of hydrogen-bond donors (Lipinski definition) is 2. The highest BCUT2D eigenvalue weighted by Gasteiger charge is 2.01. The molecule has 0 aliphatic heterocycles. The predicted octanol–water partition coefficient (Wildman–Crippen LogP) is 3.46. The number of hydrogen-bond acceptors (Lipinski definition) is 4. The van der Waals surface area contributed by atoms with Gasteiger partial charge in [-0.1, -0.05) is 6.42 Å². The number of halogens is 1. The first-order valence-corrected chi connectivity index (χ1v) is 8.61. The second-order valence-corrected chi connectivity index (χ2v) is 6.39. The number of rotatable bonds is 9. The van der Waals surface area contributed by atoms with Gasteiger partial charge in [-0.05, 0) is 38.8 Å². The van der Waals surface area contributed by atoms with E-state index in [1.807, 2.05) is 0 Å². The number of carbonyl (C=O) groups is 1. The van der Waals surface area contributed by atoms with Crippen LogP contribution in [-0.4, -0.2) is 32.1 Å². The summed E-state index contributed by atoms with van der Waals surface area (Å²) in [6, 6.07) is 4.25. The van der Waals surface area contributed by atoms with E-state index in [2.05, 4.69) is 46.3 Å². The lowest BCUT2D eigenvalue weighted by atomic mass is 10.2. The summed E-state index contributed by atoms with van der Waals surface area (Å²) in [5.41, 5.74) is 0. The van der Waals surface area contributed by atoms with E-state index < -0.39 is 0 Å². The van der Waals surface area contributed by atoms with Gasteiger partial charge in [0.2, 0.25) is 0 Å². The van der Waals surface area contributed by atoms with E-state index >= 15 is 0 Å². The number of ether oxygens (including phenoxy) is 1. The molecule has 0 aliphatic carbocycles. The Bertz CT molecular complexity index is 478. The fourth-order valence-corrected chi connectivity index (χ4v) is 2.76. The lowest BCUT2D eigenvalue weighted by Gasteiger charge is -2.10. The maximum Gasteiger partial charge on any atom is 0.305 e. The van der Waals surface area contributed by atoms with Gasteiger partial charge in [0.25, 0.3) is 0 Å². The molecule has 0 saturated heterocycles. The second kappa shape index (κ2) is 13.6. The smallest absolute Gasteiger partial charge is 0.305 e. The number of aliphatic imine (C=N–C) groups is 1. The molecule has 0 aliphatic rings. The van der Waals surface area contributed by atoms with E-state index in [0.29, 0.717) is 13.0 Å². The van der Waals surface area contributed by atoms with Crippen LogP contribution in [0.3, 0.4) is 0 Å². The van der Waals surface area contributed by atoms with Crippen LogP contribution in [0.5, 0.6) is 0 Å². The molecule has 0 atom stereocenters. The first kappa shape index (κ1) is 22.2. The molecule has 0 unspecified atom stereocenters. The zero-order valence-corrected chi connectivity index (χ0v) is 17.3. The number of thiophene rings is 1. The van der Waals surface area contributed by atoms with Gasteiger partial charge < -0.3 is 15.4 Å². The van der Waals surface area contributed by atoms with Crippen molar-refractivity contribution in [3.63, 3.8) is 0 Å². The number of nitrogens with one attached hydrogen (secondary N) is 2. The van der Waals surface area contributed by atoms with Gasteiger partial charge in [-0.15, -0.1) is 35.3 Å². The molecule has 1 rings (SSSR count). The van der Waals surface area contributed by atoms with Crippen molar-refractivity contribution in [3.8, 4) is 0 Å². The van der Waals surface area contributed by atoms with E-state index in [0.717, 1.165) is 38.3 Å². The zero-order valence-electron chi connectivity index (χ0n) is 14.2. The Morgan fingerprint density at radius 3 is 2.65 bits per heavy atom. The van der Waals surface area contributed by atoms with Crippen LogP contribution in [0.25, 0.3) is 0 Å². The van der Waals surface area contributed by atoms with Crippen LogP contribution in [0.15, 0.2) is 17.1 Å². The number of esters is 1. The Kier molecular flexibility index (Phi) is 13.1. The normalized spacial score (nSPS) is 10.8. The summed E-state index contributed by atoms with van der Waals surface area (Å²) in [7, 11) is 1.43. The van der Waals surface area contributed by atoms with Gasteiger partial charge in [0.05, 0.1) is 13.7 Å². The number of nitrogens with zero attached hydrogens (tertiary/aromatic N) is 1. The van der Waals surface area contributed by atoms with E-state index in [4.69, 9.17) is 0 Å². The molecule has 1 heterocycles. The monoisotopic (exact) mass is 453 g/mol. The minimum Gasteiger partial charge on any atom is -0.469 e. The van der Waals surface area contributed by atoms with Crippen LogP contribution in [0, 0.1) is 6.92 Å². The maximum atomic E-state index is 11.0. The molecule has 0 spiro atoms. The van der Waals surface area contributed by atoms with Gasteiger partial charge in [0.1, 0.15) is 0 Å². The Labute approximate surface area is 160 Å². The summed E-state index contributed by atoms with van der Waals surface area (Å²) >= 11 is 1.78. The SMILES string of the molecule is CCNC(=NCc1ccc(C)s1)NCCCCCC(=O)OC.I. The Morgan fingerprint density at radius 1 is 1.26 bits per heavy atom. The molecular weight excluding hydrogens is 425 g/mol. The van der Waals surface area contributed by atoms with Crippen LogP contribution < -0.4 is 10.6 Å². The minimum absolute atomic E-state index is 0. The van der Waals surface area contributed by atoms with Crippen molar-refractivity contribution in [2.75, 3.05) is 20.2 Å². The quantitative estimate of drug-likeness (QED) is 0.198. The molecule has 0 amide bonds. The lowest BCUT2D eigenvalue weighted by molar-refractivity contribution is -0.140. The predicted molar refractivity (Wildman–Crippen MR) is 108 cm³/mol. The van der Waals surface area contributed by atoms with E-state index in [9.17, 15) is 4.79 Å². The van der Waals surface area contributed by atoms with Crippen LogP contribution in [0.4, 0.5) is 0 Å². The summed E-state index contributed by atoms with van der Waals surface area (Å²) in [4.78, 5) is 18.2. The van der Waals surface area contributed by atoms with Crippen LogP contribution >= 0.6 is 35.3 Å². The van der Waals surface area contributed by atoms with Gasteiger partial charge in [-0.2, -0.15) is 0 Å². The molecule has 132 valence electrons. The summed E-state index contributed by atoms with van der Waals surface area (Å²) in [6.07, 6.45) is 3.39. The highest BCUT2D eigenvalue weighted by Crippen LogP contribution is 2.15. The number of aryl methyl sites for hydroxylation is 1. The van der Waals surface area contributed by atoms with E-state index in [1.54, 1.807) is 11.3 Å². The third kappa shape index (κ3) is 10.5. The third-order valence-electron chi connectivity index (χ3n) is 3.11. The summed E-state index contributed by atoms with van der Waals surface area (Å²) < 4.78 is 4.62. The molecule has 1 aromatic heterocycles. The minimum atomic E-state index is -0.130. The number of unbranched alkanes of at least 4 members (excludes halogenated alkanes) is 2. The van der Waals surface area contributed by atoms with E-state index in [1.165, 1.54) is 16.9 Å². The van der Waals surface area contributed by atoms with Gasteiger partial charge in [0, 0.05) is 29.3 Å². The number of guanidine groups is 1. The fourth-order valence-electron chi connectivity index (χ4n) is 1.95. The van der Waals surface area contributed by atoms with Gasteiger partial charge in [-0.25, -0.2) is 4.99 Å². The van der Waals surface area contributed by atoms with Crippen molar-refractivity contribution in [1.29, 1.82) is 0 Å². The number of carbonyl (C=O) groups excluding carboxylic acids is 1. The summed E-state index contributed by atoms with van der Waals surface area (Å²) in [5.74, 6) is 0.718. The zero-order chi connectivity index (χ0) is 16.2. The Morgan fingerprint density at radius 2 is 2.04 bits per heavy atom. The van der Waals surface area contributed by atoms with Crippen LogP contribution in [-0.2, 0) is 16.1 Å². The molecule has 0 radical (unpaired) electrons. The fraction of sp³-hybridized carbons (Fsp3) is 0.625. The Hall–Kier alpha value is -0.830. The highest BCUT2D eigenvalue weighted by atomic mass is 127. The topological polar surface area (TPSA) is 62.7 Å². The van der Waals surface area contributed by atoms with Crippen molar-refractivity contribution in [2.45, 2.75) is 46.1 Å². The molecule has 0 fully saturated rings. The van der Waals surface area contributed by atoms with Crippen molar-refractivity contribution < 1.29 is 9.53 Å². The van der Waals surface area contributed by atoms with Crippen molar-refractivity contribution in [3.05, 3.63) is 21.9 Å². The molecule has 1 aromatic rings. The molecule has 0 aromatic carbocycles. The first-order chi connectivity index (χ1) is 10.7. The molecule has 0 saturated carbocycles. The van der Waals surface area contributed by atoms with Crippen LogP contribution in [0.1, 0.15) is 42.4 Å². The molecule has 2 N–H and O–H groups in total. The highest BCUT2D eigenvalue weighted by molar-refractivity contribution is 14.0. The van der Waals surface area contributed by atoms with Gasteiger partial charge in [-0.3, -0.25) is 4.79 Å². The lowest BCUT2D eigenvalue weighted by Crippen LogP contribution is -2.37. The molecule has 23 heavy (non-hydrogen) atoms. The summed E-state index contributed by atoms with van der Waals surface area (Å²) in [6.45, 7) is 6.57. The van der Waals surface area contributed by atoms with E-state index in [-0.39, 0.29) is 29.9 Å². The van der Waals surface area contributed by atoms with Crippen LogP contribution in [0.2, 0.25) is 0 Å². The largest absolute Gasteiger partial charge is 0.469 e. The molecular formula is C16H28IN3O2S. The standard InChI is InChI=1S/C16H27N3O2S.HI/c1-4-17-16(19-12-14-10-9-13(2)22-14)18-11-7-5-6-8-15(20)21-3;/h9-10H,4-8,11-12H2,1-3H3,(H2,17,18,19);1H. The molecule has 0 bridgehead atoms. The van der Waals surface area contributed by atoms with Crippen molar-refractivity contribution >= 4 is 47.2 Å². The number of methoxy groups -OCH3 is 1. The van der Waals surface area contributed by atoms with Gasteiger partial charge in [0.15, 0.2) is 5.96 Å². The third-order valence-corrected chi connectivity index (χ3v) is 4.10. The molecule has 5 nitrogen and oxygen atoms in total. The average Bonchev–Trinajstić information content (AvgIpc) is 2.93. The average molecular weight is 453 g/mol. The summed E-state index contributed by atoms with van der Waals surface area (Å²) in [5, 5.41) is 6.57. The molecule has 7 heteroatoms. The first-order valence-electron chi connectivity index (χ1n) is 7.80. The Balaban J connectivity index is 0.00000484. The van der Waals surface area contributed by atoms with Crippen molar-refractivity contribution in [2.24, 2.45) is 4.99 Å². The van der Waals surface area contributed by atoms with Crippen molar-refractivity contribution in [1.82, 2.24) is 10.6 Å². The maximum absolute atomic E-state index is 11.0.